The van der Waals surface area contributed by atoms with E-state index in [1.54, 1.807) is 36.0 Å². The number of sulfonamides is 1. The van der Waals surface area contributed by atoms with Gasteiger partial charge in [0.25, 0.3) is 0 Å². The van der Waals surface area contributed by atoms with Crippen LogP contribution in [0.25, 0.3) is 0 Å². The van der Waals surface area contributed by atoms with Gasteiger partial charge in [0.2, 0.25) is 15.9 Å². The van der Waals surface area contributed by atoms with E-state index in [2.05, 4.69) is 5.32 Å². The minimum absolute atomic E-state index is 0.268. The molecule has 0 atom stereocenters. The second-order valence-electron chi connectivity index (χ2n) is 5.97. The molecule has 152 valence electrons. The average molecular weight is 443 g/mol. The maximum atomic E-state index is 12.2. The number of amides is 1. The van der Waals surface area contributed by atoms with Crippen molar-refractivity contribution in [3.8, 4) is 5.75 Å². The van der Waals surface area contributed by atoms with Gasteiger partial charge >= 0.3 is 0 Å². The van der Waals surface area contributed by atoms with Crippen molar-refractivity contribution in [1.29, 1.82) is 0 Å². The normalized spacial score (nSPS) is 11.1. The molecule has 1 N–H and O–H groups in total. The molecule has 0 fully saturated rings. The number of rotatable bonds is 10. The lowest BCUT2D eigenvalue weighted by Crippen LogP contribution is -2.40. The number of halogens is 1. The Morgan fingerprint density at radius 3 is 2.36 bits per heavy atom. The Morgan fingerprint density at radius 1 is 1.14 bits per heavy atom. The van der Waals surface area contributed by atoms with Crippen LogP contribution in [0.1, 0.15) is 6.42 Å². The van der Waals surface area contributed by atoms with Gasteiger partial charge < -0.3 is 10.1 Å². The number of methoxy groups -OCH3 is 1. The number of nitrogens with zero attached hydrogens (tertiary/aromatic N) is 1. The molecule has 6 nitrogen and oxygen atoms in total. The van der Waals surface area contributed by atoms with Gasteiger partial charge in [0.05, 0.1) is 19.1 Å². The van der Waals surface area contributed by atoms with Crippen molar-refractivity contribution in [1.82, 2.24) is 5.32 Å². The van der Waals surface area contributed by atoms with Crippen molar-refractivity contribution in [2.75, 3.05) is 36.5 Å². The van der Waals surface area contributed by atoms with Gasteiger partial charge in [-0.1, -0.05) is 11.6 Å². The molecule has 0 aliphatic rings. The first-order valence-electron chi connectivity index (χ1n) is 8.56. The molecular formula is C19H23ClN2O4S2. The van der Waals surface area contributed by atoms with E-state index in [0.29, 0.717) is 23.0 Å². The van der Waals surface area contributed by atoms with Crippen molar-refractivity contribution in [3.63, 3.8) is 0 Å². The van der Waals surface area contributed by atoms with Gasteiger partial charge in [-0.3, -0.25) is 9.10 Å². The van der Waals surface area contributed by atoms with E-state index in [-0.39, 0.29) is 12.5 Å². The van der Waals surface area contributed by atoms with Crippen LogP contribution in [0.3, 0.4) is 0 Å². The first-order valence-corrected chi connectivity index (χ1v) is 11.8. The third-order valence-electron chi connectivity index (χ3n) is 3.77. The molecule has 0 bridgehead atoms. The maximum absolute atomic E-state index is 12.2. The molecule has 2 rings (SSSR count). The van der Waals surface area contributed by atoms with E-state index in [0.717, 1.165) is 27.6 Å². The predicted octanol–water partition coefficient (Wildman–Crippen LogP) is 3.41. The highest BCUT2D eigenvalue weighted by molar-refractivity contribution is 7.99. The summed E-state index contributed by atoms with van der Waals surface area (Å²) in [6.45, 7) is 0.203. The van der Waals surface area contributed by atoms with Gasteiger partial charge in [0, 0.05) is 16.5 Å². The number of nitrogens with one attached hydrogen (secondary N) is 1. The molecule has 1 amide bonds. The fraction of sp³-hybridized carbons (Fsp3) is 0.316. The lowest BCUT2D eigenvalue weighted by Gasteiger charge is -2.22. The zero-order chi connectivity index (χ0) is 20.6. The zero-order valence-corrected chi connectivity index (χ0v) is 18.1. The maximum Gasteiger partial charge on any atom is 0.240 e. The third kappa shape index (κ3) is 7.26. The van der Waals surface area contributed by atoms with Crippen molar-refractivity contribution in [3.05, 3.63) is 53.6 Å². The molecule has 0 aliphatic carbocycles. The quantitative estimate of drug-likeness (QED) is 0.450. The van der Waals surface area contributed by atoms with E-state index in [4.69, 9.17) is 16.3 Å². The van der Waals surface area contributed by atoms with E-state index in [9.17, 15) is 13.2 Å². The number of carbonyl (C=O) groups excluding carboxylic acids is 1. The van der Waals surface area contributed by atoms with Crippen LogP contribution in [0.15, 0.2) is 53.4 Å². The molecule has 9 heteroatoms. The molecule has 28 heavy (non-hydrogen) atoms. The van der Waals surface area contributed by atoms with Crippen LogP contribution in [-0.4, -0.2) is 46.5 Å². The summed E-state index contributed by atoms with van der Waals surface area (Å²) >= 11 is 7.52. The molecule has 0 saturated heterocycles. The Kier molecular flexibility index (Phi) is 8.47. The van der Waals surface area contributed by atoms with Crippen LogP contribution < -0.4 is 14.4 Å². The second kappa shape index (κ2) is 10.6. The van der Waals surface area contributed by atoms with E-state index >= 15 is 0 Å². The van der Waals surface area contributed by atoms with E-state index in [1.807, 2.05) is 24.3 Å². The van der Waals surface area contributed by atoms with Crippen molar-refractivity contribution < 1.29 is 17.9 Å². The monoisotopic (exact) mass is 442 g/mol. The predicted molar refractivity (Wildman–Crippen MR) is 115 cm³/mol. The van der Waals surface area contributed by atoms with Crippen LogP contribution in [0.5, 0.6) is 5.75 Å². The van der Waals surface area contributed by atoms with Crippen LogP contribution in [-0.2, 0) is 14.8 Å². The van der Waals surface area contributed by atoms with Crippen molar-refractivity contribution in [2.24, 2.45) is 0 Å². The largest absolute Gasteiger partial charge is 0.497 e. The summed E-state index contributed by atoms with van der Waals surface area (Å²) < 4.78 is 30.3. The van der Waals surface area contributed by atoms with Crippen LogP contribution in [0.2, 0.25) is 5.02 Å². The number of hydrogen-bond donors (Lipinski definition) is 1. The van der Waals surface area contributed by atoms with Crippen molar-refractivity contribution >= 4 is 45.0 Å². The lowest BCUT2D eigenvalue weighted by atomic mass is 10.3. The Hall–Kier alpha value is -1.90. The van der Waals surface area contributed by atoms with Crippen molar-refractivity contribution in [2.45, 2.75) is 11.3 Å². The molecular weight excluding hydrogens is 420 g/mol. The minimum Gasteiger partial charge on any atom is -0.497 e. The summed E-state index contributed by atoms with van der Waals surface area (Å²) in [4.78, 5) is 13.3. The fourth-order valence-corrected chi connectivity index (χ4v) is 4.19. The fourth-order valence-electron chi connectivity index (χ4n) is 2.36. The second-order valence-corrected chi connectivity index (χ2v) is 9.49. The van der Waals surface area contributed by atoms with Gasteiger partial charge in [-0.15, -0.1) is 11.8 Å². The van der Waals surface area contributed by atoms with Gasteiger partial charge in [0.15, 0.2) is 0 Å². The smallest absolute Gasteiger partial charge is 0.240 e. The summed E-state index contributed by atoms with van der Waals surface area (Å²) in [5.41, 5.74) is 0.414. The Bertz CT molecular complexity index is 872. The summed E-state index contributed by atoms with van der Waals surface area (Å²) in [5, 5.41) is 3.47. The van der Waals surface area contributed by atoms with E-state index < -0.39 is 10.0 Å². The topological polar surface area (TPSA) is 75.7 Å². The minimum atomic E-state index is -3.59. The standard InChI is InChI=1S/C19H23ClN2O4S2/c1-26-17-8-6-16(7-9-17)22(28(2,24)25)14-19(23)21-12-3-13-27-18-10-4-15(20)5-11-18/h4-11H,3,12-14H2,1-2H3,(H,21,23). The van der Waals surface area contributed by atoms with Crippen LogP contribution >= 0.6 is 23.4 Å². The summed E-state index contributed by atoms with van der Waals surface area (Å²) in [6, 6.07) is 14.1. The van der Waals surface area contributed by atoms with Crippen LogP contribution in [0.4, 0.5) is 5.69 Å². The highest BCUT2D eigenvalue weighted by atomic mass is 35.5. The summed E-state index contributed by atoms with van der Waals surface area (Å²) in [6.07, 6.45) is 1.84. The number of benzene rings is 2. The highest BCUT2D eigenvalue weighted by Crippen LogP contribution is 2.22. The number of thioether (sulfide) groups is 1. The molecule has 0 heterocycles. The van der Waals surface area contributed by atoms with Gasteiger partial charge in [-0.05, 0) is 60.7 Å². The molecule has 2 aromatic rings. The van der Waals surface area contributed by atoms with Gasteiger partial charge in [-0.25, -0.2) is 8.42 Å². The molecule has 0 aromatic heterocycles. The zero-order valence-electron chi connectivity index (χ0n) is 15.7. The van der Waals surface area contributed by atoms with Gasteiger partial charge in [0.1, 0.15) is 12.3 Å². The molecule has 0 aliphatic heterocycles. The highest BCUT2D eigenvalue weighted by Gasteiger charge is 2.20. The summed E-state index contributed by atoms with van der Waals surface area (Å²) in [7, 11) is -2.06. The summed E-state index contributed by atoms with van der Waals surface area (Å²) in [5.74, 6) is 1.09. The number of hydrogen-bond acceptors (Lipinski definition) is 5. The lowest BCUT2D eigenvalue weighted by molar-refractivity contribution is -0.119. The first kappa shape index (κ1) is 22.4. The van der Waals surface area contributed by atoms with Crippen LogP contribution in [0, 0.1) is 0 Å². The number of ether oxygens (including phenoxy) is 1. The first-order chi connectivity index (χ1) is 13.3. The Labute approximate surface area is 175 Å². The SMILES string of the molecule is COc1ccc(N(CC(=O)NCCCSc2ccc(Cl)cc2)S(C)(=O)=O)cc1. The average Bonchev–Trinajstić information content (AvgIpc) is 2.66. The molecule has 2 aromatic carbocycles. The molecule has 0 unspecified atom stereocenters. The molecule has 0 spiro atoms. The number of anilines is 1. The molecule has 0 saturated carbocycles. The van der Waals surface area contributed by atoms with E-state index in [1.165, 1.54) is 7.11 Å². The molecule has 0 radical (unpaired) electrons. The van der Waals surface area contributed by atoms with Gasteiger partial charge in [-0.2, -0.15) is 0 Å². The number of carbonyl (C=O) groups is 1. The third-order valence-corrected chi connectivity index (χ3v) is 6.26. The Morgan fingerprint density at radius 2 is 1.79 bits per heavy atom. The Balaban J connectivity index is 1.82.